The van der Waals surface area contributed by atoms with Gasteiger partial charge in [-0.25, -0.2) is 0 Å². The molecule has 4 nitrogen and oxygen atoms in total. The number of hydrogen-bond donors (Lipinski definition) is 1. The van der Waals surface area contributed by atoms with Gasteiger partial charge >= 0.3 is 0 Å². The van der Waals surface area contributed by atoms with E-state index in [1.165, 1.54) is 0 Å². The van der Waals surface area contributed by atoms with Crippen molar-refractivity contribution in [3.05, 3.63) is 28.5 Å². The molecule has 0 aromatic carbocycles. The molecule has 1 aromatic rings. The van der Waals surface area contributed by atoms with Gasteiger partial charge in [0.25, 0.3) is 0 Å². The first-order valence-corrected chi connectivity index (χ1v) is 6.03. The van der Waals surface area contributed by atoms with Crippen molar-refractivity contribution >= 4 is 15.9 Å². The van der Waals surface area contributed by atoms with Gasteiger partial charge in [-0.2, -0.15) is 5.26 Å². The van der Waals surface area contributed by atoms with Crippen LogP contribution in [-0.2, 0) is 6.54 Å². The van der Waals surface area contributed by atoms with Crippen molar-refractivity contribution in [2.24, 2.45) is 0 Å². The van der Waals surface area contributed by atoms with Crippen LogP contribution in [0.1, 0.15) is 5.69 Å². The monoisotopic (exact) mass is 280 g/mol. The molecule has 1 aromatic heterocycles. The van der Waals surface area contributed by atoms with Crippen molar-refractivity contribution in [3.8, 4) is 6.07 Å². The van der Waals surface area contributed by atoms with E-state index in [9.17, 15) is 0 Å². The van der Waals surface area contributed by atoms with Gasteiger partial charge in [-0.1, -0.05) is 0 Å². The fourth-order valence-electron chi connectivity index (χ4n) is 1.77. The molecule has 84 valence electrons. The molecule has 0 amide bonds. The van der Waals surface area contributed by atoms with E-state index in [1.807, 2.05) is 12.1 Å². The number of nitriles is 1. The summed E-state index contributed by atoms with van der Waals surface area (Å²) < 4.78 is 0.980. The Morgan fingerprint density at radius 1 is 1.62 bits per heavy atom. The van der Waals surface area contributed by atoms with E-state index in [0.29, 0.717) is 0 Å². The summed E-state index contributed by atoms with van der Waals surface area (Å²) in [6.45, 7) is 3.32. The number of piperazine rings is 1. The van der Waals surface area contributed by atoms with Crippen LogP contribution in [0, 0.1) is 11.3 Å². The Labute approximate surface area is 103 Å². The molecule has 5 heteroatoms. The second-order valence-corrected chi connectivity index (χ2v) is 4.70. The molecule has 0 saturated carbocycles. The Kier molecular flexibility index (Phi) is 3.88. The summed E-state index contributed by atoms with van der Waals surface area (Å²) in [7, 11) is 0. The van der Waals surface area contributed by atoms with Gasteiger partial charge < -0.3 is 5.32 Å². The first-order chi connectivity index (χ1) is 7.79. The van der Waals surface area contributed by atoms with Crippen molar-refractivity contribution in [2.75, 3.05) is 19.6 Å². The number of aromatic nitrogens is 1. The fourth-order valence-corrected chi connectivity index (χ4v) is 2.01. The summed E-state index contributed by atoms with van der Waals surface area (Å²) in [5, 5.41) is 12.2. The Hall–Kier alpha value is -0.960. The van der Waals surface area contributed by atoms with Crippen LogP contribution < -0.4 is 5.32 Å². The van der Waals surface area contributed by atoms with E-state index in [-0.39, 0.29) is 6.04 Å². The molecule has 1 aliphatic rings. The molecule has 1 unspecified atom stereocenters. The number of nitrogens with one attached hydrogen (secondary N) is 1. The van der Waals surface area contributed by atoms with Crippen molar-refractivity contribution in [1.82, 2.24) is 15.2 Å². The van der Waals surface area contributed by atoms with Crippen LogP contribution in [-0.4, -0.2) is 35.6 Å². The average Bonchev–Trinajstić information content (AvgIpc) is 2.33. The van der Waals surface area contributed by atoms with Gasteiger partial charge in [0.05, 0.1) is 11.8 Å². The van der Waals surface area contributed by atoms with E-state index in [0.717, 1.165) is 36.3 Å². The highest BCUT2D eigenvalue weighted by atomic mass is 79.9. The lowest BCUT2D eigenvalue weighted by molar-refractivity contribution is 0.187. The molecule has 0 aliphatic carbocycles. The zero-order valence-corrected chi connectivity index (χ0v) is 10.4. The van der Waals surface area contributed by atoms with Crippen molar-refractivity contribution in [3.63, 3.8) is 0 Å². The molecule has 1 fully saturated rings. The maximum absolute atomic E-state index is 9.02. The summed E-state index contributed by atoms with van der Waals surface area (Å²) >= 11 is 3.36. The lowest BCUT2D eigenvalue weighted by Crippen LogP contribution is -2.50. The molecule has 0 spiro atoms. The van der Waals surface area contributed by atoms with Gasteiger partial charge in [-0.15, -0.1) is 0 Å². The highest BCUT2D eigenvalue weighted by Crippen LogP contribution is 2.11. The van der Waals surface area contributed by atoms with Crippen LogP contribution in [0.2, 0.25) is 0 Å². The smallest absolute Gasteiger partial charge is 0.111 e. The molecular formula is C11H13BrN4. The van der Waals surface area contributed by atoms with Gasteiger partial charge in [0.1, 0.15) is 6.04 Å². The zero-order chi connectivity index (χ0) is 11.4. The molecule has 0 bridgehead atoms. The van der Waals surface area contributed by atoms with E-state index < -0.39 is 0 Å². The molecule has 1 aliphatic heterocycles. The average molecular weight is 281 g/mol. The predicted molar refractivity (Wildman–Crippen MR) is 64.6 cm³/mol. The topological polar surface area (TPSA) is 52.0 Å². The van der Waals surface area contributed by atoms with Gasteiger partial charge in [-0.05, 0) is 28.1 Å². The van der Waals surface area contributed by atoms with Gasteiger partial charge in [0.2, 0.25) is 0 Å². The van der Waals surface area contributed by atoms with Crippen molar-refractivity contribution in [2.45, 2.75) is 12.6 Å². The van der Waals surface area contributed by atoms with Crippen molar-refractivity contribution in [1.29, 1.82) is 5.26 Å². The lowest BCUT2D eigenvalue weighted by atomic mass is 10.2. The van der Waals surface area contributed by atoms with Gasteiger partial charge in [0.15, 0.2) is 0 Å². The molecule has 1 saturated heterocycles. The summed E-state index contributed by atoms with van der Waals surface area (Å²) in [4.78, 5) is 6.48. The third kappa shape index (κ3) is 2.79. The molecule has 16 heavy (non-hydrogen) atoms. The minimum Gasteiger partial charge on any atom is -0.313 e. The van der Waals surface area contributed by atoms with Crippen LogP contribution in [0.3, 0.4) is 0 Å². The van der Waals surface area contributed by atoms with E-state index in [2.05, 4.69) is 37.2 Å². The summed E-state index contributed by atoms with van der Waals surface area (Å²) in [6.07, 6.45) is 1.79. The van der Waals surface area contributed by atoms with Crippen LogP contribution in [0.25, 0.3) is 0 Å². The lowest BCUT2D eigenvalue weighted by Gasteiger charge is -2.31. The molecule has 1 atom stereocenters. The third-order valence-electron chi connectivity index (χ3n) is 2.66. The Morgan fingerprint density at radius 2 is 2.50 bits per heavy atom. The second kappa shape index (κ2) is 5.39. The fraction of sp³-hybridized carbons (Fsp3) is 0.455. The Bertz CT molecular complexity index is 384. The molecule has 2 heterocycles. The Morgan fingerprint density at radius 3 is 3.19 bits per heavy atom. The Balaban J connectivity index is 2.02. The first-order valence-electron chi connectivity index (χ1n) is 5.24. The van der Waals surface area contributed by atoms with E-state index in [1.54, 1.807) is 6.20 Å². The number of halogens is 1. The van der Waals surface area contributed by atoms with E-state index >= 15 is 0 Å². The van der Waals surface area contributed by atoms with Gasteiger partial charge in [-0.3, -0.25) is 9.88 Å². The maximum Gasteiger partial charge on any atom is 0.111 e. The summed E-state index contributed by atoms with van der Waals surface area (Å²) in [5.74, 6) is 0. The molecule has 1 N–H and O–H groups in total. The van der Waals surface area contributed by atoms with Crippen LogP contribution in [0.5, 0.6) is 0 Å². The quantitative estimate of drug-likeness (QED) is 0.883. The first kappa shape index (κ1) is 11.5. The van der Waals surface area contributed by atoms with E-state index in [4.69, 9.17) is 5.26 Å². The minimum atomic E-state index is -0.0424. The summed E-state index contributed by atoms with van der Waals surface area (Å²) in [6, 6.07) is 6.23. The van der Waals surface area contributed by atoms with Gasteiger partial charge in [0, 0.05) is 36.8 Å². The molecule has 2 rings (SSSR count). The molecular weight excluding hydrogens is 268 g/mol. The highest BCUT2D eigenvalue weighted by molar-refractivity contribution is 9.10. The normalized spacial score (nSPS) is 21.6. The SMILES string of the molecule is N#CC1CNCCN1Cc1ccc(Br)cn1. The third-order valence-corrected chi connectivity index (χ3v) is 3.13. The van der Waals surface area contributed by atoms with Crippen LogP contribution >= 0.6 is 15.9 Å². The number of pyridine rings is 1. The highest BCUT2D eigenvalue weighted by Gasteiger charge is 2.21. The zero-order valence-electron chi connectivity index (χ0n) is 8.86. The minimum absolute atomic E-state index is 0.0424. The number of nitrogens with zero attached hydrogens (tertiary/aromatic N) is 3. The molecule has 0 radical (unpaired) electrons. The maximum atomic E-state index is 9.02. The van der Waals surface area contributed by atoms with Crippen LogP contribution in [0.4, 0.5) is 0 Å². The number of hydrogen-bond acceptors (Lipinski definition) is 4. The van der Waals surface area contributed by atoms with Crippen LogP contribution in [0.15, 0.2) is 22.8 Å². The predicted octanol–water partition coefficient (Wildman–Crippen LogP) is 1.14. The second-order valence-electron chi connectivity index (χ2n) is 3.79. The largest absolute Gasteiger partial charge is 0.313 e. The number of rotatable bonds is 2. The standard InChI is InChI=1S/C11H13BrN4/c12-9-1-2-10(15-6-9)8-16-4-3-14-7-11(16)5-13/h1-2,6,11,14H,3-4,7-8H2. The summed E-state index contributed by atoms with van der Waals surface area (Å²) in [5.41, 5.74) is 1.00. The van der Waals surface area contributed by atoms with Crippen molar-refractivity contribution < 1.29 is 0 Å².